The highest BCUT2D eigenvalue weighted by atomic mass is 35.5. The lowest BCUT2D eigenvalue weighted by molar-refractivity contribution is 1.11. The van der Waals surface area contributed by atoms with Crippen molar-refractivity contribution in [1.29, 1.82) is 5.26 Å². The average Bonchev–Trinajstić information content (AvgIpc) is 2.39. The number of rotatable bonds is 3. The SMILES string of the molecule is Cc1ccc(CNc2nccc(C#N)c2Cl)cc1. The Morgan fingerprint density at radius 2 is 2.00 bits per heavy atom. The fourth-order valence-corrected chi connectivity index (χ4v) is 1.77. The maximum Gasteiger partial charge on any atom is 0.146 e. The van der Waals surface area contributed by atoms with Gasteiger partial charge in [0.1, 0.15) is 16.9 Å². The zero-order chi connectivity index (χ0) is 13.0. The summed E-state index contributed by atoms with van der Waals surface area (Å²) in [6, 6.07) is 11.8. The van der Waals surface area contributed by atoms with Gasteiger partial charge in [0.25, 0.3) is 0 Å². The van der Waals surface area contributed by atoms with Crippen LogP contribution < -0.4 is 5.32 Å². The first-order valence-corrected chi connectivity index (χ1v) is 5.92. The van der Waals surface area contributed by atoms with Crippen LogP contribution in [0.1, 0.15) is 16.7 Å². The lowest BCUT2D eigenvalue weighted by atomic mass is 10.1. The van der Waals surface area contributed by atoms with Gasteiger partial charge in [0.15, 0.2) is 0 Å². The molecule has 0 saturated heterocycles. The maximum absolute atomic E-state index is 8.87. The van der Waals surface area contributed by atoms with Gasteiger partial charge in [-0.05, 0) is 18.6 Å². The molecular weight excluding hydrogens is 246 g/mol. The third kappa shape index (κ3) is 2.79. The predicted octanol–water partition coefficient (Wildman–Crippen LogP) is 3.53. The van der Waals surface area contributed by atoms with Crippen LogP contribution in [-0.4, -0.2) is 4.98 Å². The number of nitriles is 1. The third-order valence-corrected chi connectivity index (χ3v) is 2.97. The number of anilines is 1. The van der Waals surface area contributed by atoms with Gasteiger partial charge >= 0.3 is 0 Å². The van der Waals surface area contributed by atoms with Crippen LogP contribution in [0.15, 0.2) is 36.5 Å². The molecule has 0 amide bonds. The quantitative estimate of drug-likeness (QED) is 0.915. The molecule has 1 N–H and O–H groups in total. The smallest absolute Gasteiger partial charge is 0.146 e. The lowest BCUT2D eigenvalue weighted by Gasteiger charge is -2.08. The van der Waals surface area contributed by atoms with E-state index in [1.165, 1.54) is 5.56 Å². The van der Waals surface area contributed by atoms with Crippen LogP contribution in [-0.2, 0) is 6.54 Å². The van der Waals surface area contributed by atoms with Crippen molar-refractivity contribution in [3.05, 3.63) is 58.2 Å². The summed E-state index contributed by atoms with van der Waals surface area (Å²) in [7, 11) is 0. The molecule has 0 unspecified atom stereocenters. The Morgan fingerprint density at radius 3 is 2.67 bits per heavy atom. The Kier molecular flexibility index (Phi) is 3.81. The average molecular weight is 258 g/mol. The number of aromatic nitrogens is 1. The van der Waals surface area contributed by atoms with E-state index in [0.29, 0.717) is 22.9 Å². The summed E-state index contributed by atoms with van der Waals surface area (Å²) in [5.41, 5.74) is 2.79. The van der Waals surface area contributed by atoms with E-state index < -0.39 is 0 Å². The van der Waals surface area contributed by atoms with Crippen molar-refractivity contribution in [3.8, 4) is 6.07 Å². The van der Waals surface area contributed by atoms with Crippen LogP contribution in [0.2, 0.25) is 5.02 Å². The summed E-state index contributed by atoms with van der Waals surface area (Å²) in [6.07, 6.45) is 1.57. The molecule has 0 spiro atoms. The molecule has 0 bridgehead atoms. The molecule has 1 heterocycles. The monoisotopic (exact) mass is 257 g/mol. The fraction of sp³-hybridized carbons (Fsp3) is 0.143. The molecule has 18 heavy (non-hydrogen) atoms. The molecule has 0 radical (unpaired) electrons. The number of nitrogens with zero attached hydrogens (tertiary/aromatic N) is 2. The molecule has 0 fully saturated rings. The third-order valence-electron chi connectivity index (χ3n) is 2.59. The summed E-state index contributed by atoms with van der Waals surface area (Å²) < 4.78 is 0. The van der Waals surface area contributed by atoms with Gasteiger partial charge in [-0.1, -0.05) is 41.4 Å². The molecule has 0 aliphatic carbocycles. The second-order valence-electron chi connectivity index (χ2n) is 3.97. The van der Waals surface area contributed by atoms with Crippen LogP contribution in [0, 0.1) is 18.3 Å². The topological polar surface area (TPSA) is 48.7 Å². The van der Waals surface area contributed by atoms with Crippen molar-refractivity contribution in [3.63, 3.8) is 0 Å². The number of hydrogen-bond acceptors (Lipinski definition) is 3. The van der Waals surface area contributed by atoms with E-state index >= 15 is 0 Å². The van der Waals surface area contributed by atoms with E-state index in [1.54, 1.807) is 12.3 Å². The Balaban J connectivity index is 2.11. The van der Waals surface area contributed by atoms with Crippen molar-refractivity contribution >= 4 is 17.4 Å². The van der Waals surface area contributed by atoms with Gasteiger partial charge in [-0.25, -0.2) is 4.98 Å². The second kappa shape index (κ2) is 5.52. The van der Waals surface area contributed by atoms with Gasteiger partial charge in [0.2, 0.25) is 0 Å². The number of hydrogen-bond donors (Lipinski definition) is 1. The normalized spacial score (nSPS) is 9.83. The summed E-state index contributed by atoms with van der Waals surface area (Å²) >= 11 is 6.05. The molecule has 2 aromatic rings. The van der Waals surface area contributed by atoms with E-state index in [0.717, 1.165) is 5.56 Å². The minimum atomic E-state index is 0.368. The number of benzene rings is 1. The lowest BCUT2D eigenvalue weighted by Crippen LogP contribution is -2.02. The van der Waals surface area contributed by atoms with Gasteiger partial charge < -0.3 is 5.32 Å². The first-order chi connectivity index (χ1) is 8.70. The van der Waals surface area contributed by atoms with Crippen molar-refractivity contribution in [1.82, 2.24) is 4.98 Å². The summed E-state index contributed by atoms with van der Waals surface area (Å²) in [5.74, 6) is 0.538. The molecule has 0 atom stereocenters. The van der Waals surface area contributed by atoms with Crippen molar-refractivity contribution in [2.75, 3.05) is 5.32 Å². The molecule has 1 aromatic heterocycles. The van der Waals surface area contributed by atoms with E-state index in [-0.39, 0.29) is 0 Å². The highest BCUT2D eigenvalue weighted by molar-refractivity contribution is 6.34. The van der Waals surface area contributed by atoms with Crippen molar-refractivity contribution in [2.45, 2.75) is 13.5 Å². The highest BCUT2D eigenvalue weighted by Crippen LogP contribution is 2.23. The predicted molar refractivity (Wildman–Crippen MR) is 72.5 cm³/mol. The molecule has 2 rings (SSSR count). The Hall–Kier alpha value is -2.05. The van der Waals surface area contributed by atoms with E-state index in [2.05, 4.69) is 22.4 Å². The van der Waals surface area contributed by atoms with Crippen molar-refractivity contribution in [2.24, 2.45) is 0 Å². The zero-order valence-electron chi connectivity index (χ0n) is 9.94. The van der Waals surface area contributed by atoms with Crippen molar-refractivity contribution < 1.29 is 0 Å². The molecule has 1 aromatic carbocycles. The first-order valence-electron chi connectivity index (χ1n) is 5.54. The summed E-state index contributed by atoms with van der Waals surface area (Å²) in [6.45, 7) is 2.67. The standard InChI is InChI=1S/C14H12ClN3/c1-10-2-4-11(5-3-10)9-18-14-13(15)12(8-16)6-7-17-14/h2-7H,9H2,1H3,(H,17,18). The second-order valence-corrected chi connectivity index (χ2v) is 4.35. The molecule has 90 valence electrons. The number of aryl methyl sites for hydroxylation is 1. The molecule has 3 nitrogen and oxygen atoms in total. The number of pyridine rings is 1. The minimum Gasteiger partial charge on any atom is -0.365 e. The molecule has 0 aliphatic rings. The molecule has 4 heteroatoms. The minimum absolute atomic E-state index is 0.368. The largest absolute Gasteiger partial charge is 0.365 e. The fourth-order valence-electron chi connectivity index (χ4n) is 1.55. The highest BCUT2D eigenvalue weighted by Gasteiger charge is 2.06. The van der Waals surface area contributed by atoms with E-state index in [4.69, 9.17) is 16.9 Å². The molecule has 0 aliphatic heterocycles. The van der Waals surface area contributed by atoms with E-state index in [9.17, 15) is 0 Å². The Labute approximate surface area is 111 Å². The molecule has 0 saturated carbocycles. The van der Waals surface area contributed by atoms with Crippen LogP contribution >= 0.6 is 11.6 Å². The maximum atomic E-state index is 8.87. The Morgan fingerprint density at radius 1 is 1.28 bits per heavy atom. The summed E-state index contributed by atoms with van der Waals surface area (Å²) in [4.78, 5) is 4.13. The van der Waals surface area contributed by atoms with Gasteiger partial charge in [-0.2, -0.15) is 5.26 Å². The van der Waals surface area contributed by atoms with Crippen LogP contribution in [0.25, 0.3) is 0 Å². The zero-order valence-corrected chi connectivity index (χ0v) is 10.7. The Bertz CT molecular complexity index is 585. The number of halogens is 1. The number of nitrogens with one attached hydrogen (secondary N) is 1. The van der Waals surface area contributed by atoms with Gasteiger partial charge in [-0.3, -0.25) is 0 Å². The van der Waals surface area contributed by atoms with Gasteiger partial charge in [0, 0.05) is 12.7 Å². The van der Waals surface area contributed by atoms with Crippen LogP contribution in [0.3, 0.4) is 0 Å². The van der Waals surface area contributed by atoms with Gasteiger partial charge in [0.05, 0.1) is 5.56 Å². The molecular formula is C14H12ClN3. The van der Waals surface area contributed by atoms with Gasteiger partial charge in [-0.15, -0.1) is 0 Å². The summed E-state index contributed by atoms with van der Waals surface area (Å²) in [5, 5.41) is 12.4. The van der Waals surface area contributed by atoms with Crippen LogP contribution in [0.5, 0.6) is 0 Å². The van der Waals surface area contributed by atoms with E-state index in [1.807, 2.05) is 25.1 Å². The van der Waals surface area contributed by atoms with Crippen LogP contribution in [0.4, 0.5) is 5.82 Å². The first kappa shape index (κ1) is 12.4.